The van der Waals surface area contributed by atoms with Gasteiger partial charge in [-0.2, -0.15) is 0 Å². The summed E-state index contributed by atoms with van der Waals surface area (Å²) in [6.45, 7) is 0. The highest BCUT2D eigenvalue weighted by molar-refractivity contribution is 7.10. The van der Waals surface area contributed by atoms with E-state index in [-0.39, 0.29) is 6.04 Å². The van der Waals surface area contributed by atoms with Crippen molar-refractivity contribution in [3.05, 3.63) is 39.0 Å². The highest BCUT2D eigenvalue weighted by atomic mass is 32.1. The predicted molar refractivity (Wildman–Crippen MR) is 61.8 cm³/mol. The van der Waals surface area contributed by atoms with Crippen LogP contribution in [0.25, 0.3) is 0 Å². The molecule has 0 fully saturated rings. The van der Waals surface area contributed by atoms with E-state index in [4.69, 9.17) is 5.73 Å². The first-order chi connectivity index (χ1) is 6.84. The van der Waals surface area contributed by atoms with Crippen LogP contribution in [0.5, 0.6) is 0 Å². The molecule has 0 aliphatic rings. The molecule has 0 aromatic carbocycles. The molecule has 0 saturated carbocycles. The summed E-state index contributed by atoms with van der Waals surface area (Å²) in [5.74, 6) is 0. The van der Waals surface area contributed by atoms with Gasteiger partial charge >= 0.3 is 0 Å². The number of hydrogen-bond donors (Lipinski definition) is 1. The van der Waals surface area contributed by atoms with Crippen molar-refractivity contribution >= 4 is 22.7 Å². The minimum Gasteiger partial charge on any atom is -0.327 e. The molecule has 0 aliphatic heterocycles. The van der Waals surface area contributed by atoms with Crippen LogP contribution in [-0.4, -0.2) is 11.0 Å². The smallest absolute Gasteiger partial charge is 0.0940 e. The Bertz CT molecular complexity index is 317. The average Bonchev–Trinajstić information content (AvgIpc) is 2.76. The van der Waals surface area contributed by atoms with Gasteiger partial charge in [-0.3, -0.25) is 0 Å². The molecule has 2 rings (SSSR count). The van der Waals surface area contributed by atoms with Gasteiger partial charge in [0.15, 0.2) is 0 Å². The van der Waals surface area contributed by atoms with E-state index in [1.165, 1.54) is 4.88 Å². The van der Waals surface area contributed by atoms with Crippen molar-refractivity contribution in [3.63, 3.8) is 0 Å². The molecule has 74 valence electrons. The Hall–Kier alpha value is -0.710. The third kappa shape index (κ3) is 2.64. The number of hydrogen-bond acceptors (Lipinski definition) is 4. The van der Waals surface area contributed by atoms with Gasteiger partial charge in [0.2, 0.25) is 0 Å². The molecular formula is C10H12N2S2. The standard InChI is InChI=1S/C10H12N2S2/c11-8(6-9-2-1-4-13-9)7-10-12-3-5-14-10/h1-5,8H,6-7,11H2. The summed E-state index contributed by atoms with van der Waals surface area (Å²) in [4.78, 5) is 5.58. The zero-order chi connectivity index (χ0) is 9.80. The Labute approximate surface area is 91.4 Å². The summed E-state index contributed by atoms with van der Waals surface area (Å²) in [6.07, 6.45) is 3.67. The first-order valence-electron chi connectivity index (χ1n) is 4.51. The van der Waals surface area contributed by atoms with E-state index in [0.717, 1.165) is 17.8 Å². The molecule has 0 spiro atoms. The van der Waals surface area contributed by atoms with Crippen LogP contribution in [0.1, 0.15) is 9.88 Å². The summed E-state index contributed by atoms with van der Waals surface area (Å²) >= 11 is 3.44. The summed E-state index contributed by atoms with van der Waals surface area (Å²) in [6, 6.07) is 4.39. The fourth-order valence-corrected chi connectivity index (χ4v) is 2.85. The van der Waals surface area contributed by atoms with Crippen LogP contribution < -0.4 is 5.73 Å². The van der Waals surface area contributed by atoms with Gasteiger partial charge in [0.25, 0.3) is 0 Å². The van der Waals surface area contributed by atoms with Crippen LogP contribution in [0.2, 0.25) is 0 Å². The van der Waals surface area contributed by atoms with Gasteiger partial charge in [-0.25, -0.2) is 4.98 Å². The summed E-state index contributed by atoms with van der Waals surface area (Å²) in [7, 11) is 0. The second-order valence-corrected chi connectivity index (χ2v) is 5.18. The van der Waals surface area contributed by atoms with Gasteiger partial charge in [0.05, 0.1) is 5.01 Å². The molecule has 2 N–H and O–H groups in total. The largest absolute Gasteiger partial charge is 0.327 e. The van der Waals surface area contributed by atoms with Crippen molar-refractivity contribution in [2.24, 2.45) is 5.73 Å². The number of aromatic nitrogens is 1. The van der Waals surface area contributed by atoms with Crippen LogP contribution in [0.15, 0.2) is 29.1 Å². The lowest BCUT2D eigenvalue weighted by molar-refractivity contribution is 0.668. The third-order valence-corrected chi connectivity index (χ3v) is 3.66. The molecule has 0 radical (unpaired) electrons. The van der Waals surface area contributed by atoms with Crippen LogP contribution in [0.3, 0.4) is 0 Å². The minimum absolute atomic E-state index is 0.194. The van der Waals surface area contributed by atoms with Gasteiger partial charge in [-0.15, -0.1) is 22.7 Å². The van der Waals surface area contributed by atoms with Gasteiger partial charge in [0, 0.05) is 28.9 Å². The van der Waals surface area contributed by atoms with Crippen molar-refractivity contribution in [2.75, 3.05) is 0 Å². The molecule has 1 unspecified atom stereocenters. The summed E-state index contributed by atoms with van der Waals surface area (Å²) in [5.41, 5.74) is 6.03. The van der Waals surface area contributed by atoms with E-state index in [0.29, 0.717) is 0 Å². The minimum atomic E-state index is 0.194. The fraction of sp³-hybridized carbons (Fsp3) is 0.300. The average molecular weight is 224 g/mol. The lowest BCUT2D eigenvalue weighted by Crippen LogP contribution is -2.24. The molecule has 0 amide bonds. The predicted octanol–water partition coefficient (Wildman–Crippen LogP) is 2.32. The second kappa shape index (κ2) is 4.68. The van der Waals surface area contributed by atoms with E-state index in [9.17, 15) is 0 Å². The summed E-state index contributed by atoms with van der Waals surface area (Å²) in [5, 5.41) is 5.22. The molecule has 2 aromatic rings. The third-order valence-electron chi connectivity index (χ3n) is 1.96. The normalized spacial score (nSPS) is 12.9. The SMILES string of the molecule is NC(Cc1cccs1)Cc1nccs1. The maximum atomic E-state index is 6.03. The molecule has 1 atom stereocenters. The number of nitrogens with two attached hydrogens (primary N) is 1. The molecule has 0 saturated heterocycles. The van der Waals surface area contributed by atoms with Crippen LogP contribution in [-0.2, 0) is 12.8 Å². The van der Waals surface area contributed by atoms with E-state index < -0.39 is 0 Å². The van der Waals surface area contributed by atoms with Gasteiger partial charge in [-0.1, -0.05) is 6.07 Å². The molecule has 0 aliphatic carbocycles. The zero-order valence-corrected chi connectivity index (χ0v) is 9.35. The fourth-order valence-electron chi connectivity index (χ4n) is 1.34. The zero-order valence-electron chi connectivity index (χ0n) is 7.72. The molecule has 2 heterocycles. The number of nitrogens with zero attached hydrogens (tertiary/aromatic N) is 1. The van der Waals surface area contributed by atoms with Gasteiger partial charge in [0.1, 0.15) is 0 Å². The maximum absolute atomic E-state index is 6.03. The van der Waals surface area contributed by atoms with E-state index in [1.807, 2.05) is 11.6 Å². The van der Waals surface area contributed by atoms with Crippen LogP contribution in [0, 0.1) is 0 Å². The van der Waals surface area contributed by atoms with Crippen molar-refractivity contribution in [1.82, 2.24) is 4.98 Å². The Morgan fingerprint density at radius 2 is 2.21 bits per heavy atom. The Morgan fingerprint density at radius 3 is 2.86 bits per heavy atom. The number of rotatable bonds is 4. The van der Waals surface area contributed by atoms with Crippen LogP contribution >= 0.6 is 22.7 Å². The quantitative estimate of drug-likeness (QED) is 0.865. The Balaban J connectivity index is 1.88. The van der Waals surface area contributed by atoms with Crippen molar-refractivity contribution in [2.45, 2.75) is 18.9 Å². The summed E-state index contributed by atoms with van der Waals surface area (Å²) < 4.78 is 0. The van der Waals surface area contributed by atoms with Crippen molar-refractivity contribution in [1.29, 1.82) is 0 Å². The molecule has 4 heteroatoms. The van der Waals surface area contributed by atoms with Crippen molar-refractivity contribution < 1.29 is 0 Å². The molecule has 2 aromatic heterocycles. The first kappa shape index (κ1) is 9.83. The highest BCUT2D eigenvalue weighted by Gasteiger charge is 2.07. The van der Waals surface area contributed by atoms with E-state index >= 15 is 0 Å². The first-order valence-corrected chi connectivity index (χ1v) is 6.27. The van der Waals surface area contributed by atoms with E-state index in [2.05, 4.69) is 22.5 Å². The van der Waals surface area contributed by atoms with E-state index in [1.54, 1.807) is 22.7 Å². The lowest BCUT2D eigenvalue weighted by atomic mass is 10.1. The van der Waals surface area contributed by atoms with Crippen LogP contribution in [0.4, 0.5) is 0 Å². The van der Waals surface area contributed by atoms with Crippen molar-refractivity contribution in [3.8, 4) is 0 Å². The molecule has 2 nitrogen and oxygen atoms in total. The van der Waals surface area contributed by atoms with Gasteiger partial charge < -0.3 is 5.73 Å². The molecule has 14 heavy (non-hydrogen) atoms. The molecule has 0 bridgehead atoms. The van der Waals surface area contributed by atoms with Gasteiger partial charge in [-0.05, 0) is 17.9 Å². The topological polar surface area (TPSA) is 38.9 Å². The Morgan fingerprint density at radius 1 is 1.29 bits per heavy atom. The maximum Gasteiger partial charge on any atom is 0.0940 e. The molecular weight excluding hydrogens is 212 g/mol. The second-order valence-electron chi connectivity index (χ2n) is 3.17. The highest BCUT2D eigenvalue weighted by Crippen LogP contribution is 2.13. The monoisotopic (exact) mass is 224 g/mol. The lowest BCUT2D eigenvalue weighted by Gasteiger charge is -2.07. The number of thiophene rings is 1. The number of thiazole rings is 1. The Kier molecular flexibility index (Phi) is 3.29.